The molecule has 0 fully saturated rings. The zero-order valence-electron chi connectivity index (χ0n) is 14.4. The average molecular weight is 370 g/mol. The smallest absolute Gasteiger partial charge is 0.238 e. The lowest BCUT2D eigenvalue weighted by molar-refractivity contribution is -0.115. The fourth-order valence-corrected chi connectivity index (χ4v) is 3.10. The first kappa shape index (κ1) is 17.9. The van der Waals surface area contributed by atoms with Crippen molar-refractivity contribution in [3.05, 3.63) is 49.0 Å². The second-order valence-electron chi connectivity index (χ2n) is 5.52. The van der Waals surface area contributed by atoms with E-state index >= 15 is 0 Å². The Balaban J connectivity index is 1.77. The number of hydrogen-bond acceptors (Lipinski definition) is 7. The van der Waals surface area contributed by atoms with Gasteiger partial charge in [0.15, 0.2) is 16.8 Å². The van der Waals surface area contributed by atoms with Gasteiger partial charge in [0, 0.05) is 30.6 Å². The van der Waals surface area contributed by atoms with E-state index in [4.69, 9.17) is 4.52 Å². The van der Waals surface area contributed by atoms with Gasteiger partial charge < -0.3 is 9.84 Å². The summed E-state index contributed by atoms with van der Waals surface area (Å²) in [6.07, 6.45) is 5.18. The van der Waals surface area contributed by atoms with Crippen LogP contribution in [0.25, 0.3) is 11.4 Å². The molecule has 0 saturated carbocycles. The topological polar surface area (TPSA) is 98.7 Å². The zero-order valence-corrected chi connectivity index (χ0v) is 15.2. The maximum absolute atomic E-state index is 12.4. The van der Waals surface area contributed by atoms with Gasteiger partial charge in [-0.25, -0.2) is 0 Å². The summed E-state index contributed by atoms with van der Waals surface area (Å²) in [6.45, 7) is 7.87. The van der Waals surface area contributed by atoms with E-state index < -0.39 is 5.25 Å². The number of allylic oxidation sites excluding steroid dienone is 1. The standard InChI is InChI=1S/C17H18N6O2S/c1-4-8-23-15(13-6-5-7-18-10-13)20-21-17(23)26-12(3)16(24)19-14-9-11(2)25-22-14/h4-7,9-10,12H,1,8H2,2-3H3,(H,19,22,24)/t12-/m0/s1. The van der Waals surface area contributed by atoms with Crippen LogP contribution < -0.4 is 5.32 Å². The predicted octanol–water partition coefficient (Wildman–Crippen LogP) is 2.94. The number of thioether (sulfide) groups is 1. The molecule has 3 heterocycles. The van der Waals surface area contributed by atoms with Gasteiger partial charge in [0.1, 0.15) is 5.76 Å². The molecule has 0 aliphatic heterocycles. The third kappa shape index (κ3) is 3.99. The third-order valence-electron chi connectivity index (χ3n) is 3.48. The van der Waals surface area contributed by atoms with Crippen LogP contribution in [0, 0.1) is 6.92 Å². The van der Waals surface area contributed by atoms with E-state index in [2.05, 4.69) is 32.2 Å². The molecule has 1 atom stereocenters. The number of amides is 1. The molecule has 0 aliphatic rings. The summed E-state index contributed by atoms with van der Waals surface area (Å²) in [5.41, 5.74) is 0.851. The number of pyridine rings is 1. The minimum absolute atomic E-state index is 0.195. The van der Waals surface area contributed by atoms with E-state index in [1.165, 1.54) is 11.8 Å². The molecule has 3 rings (SSSR count). The van der Waals surface area contributed by atoms with Gasteiger partial charge >= 0.3 is 0 Å². The van der Waals surface area contributed by atoms with Gasteiger partial charge in [-0.15, -0.1) is 16.8 Å². The molecular weight excluding hydrogens is 352 g/mol. The molecule has 134 valence electrons. The van der Waals surface area contributed by atoms with E-state index in [1.807, 2.05) is 16.7 Å². The lowest BCUT2D eigenvalue weighted by Gasteiger charge is -2.11. The van der Waals surface area contributed by atoms with Crippen LogP contribution in [0.5, 0.6) is 0 Å². The van der Waals surface area contributed by atoms with Gasteiger partial charge in [0.05, 0.1) is 5.25 Å². The summed E-state index contributed by atoms with van der Waals surface area (Å²) < 4.78 is 6.85. The van der Waals surface area contributed by atoms with Crippen LogP contribution in [0.4, 0.5) is 5.82 Å². The molecular formula is C17H18N6O2S. The average Bonchev–Trinajstić information content (AvgIpc) is 3.22. The SMILES string of the molecule is C=CCn1c(S[C@@H](C)C(=O)Nc2cc(C)on2)nnc1-c1cccnc1. The van der Waals surface area contributed by atoms with E-state index in [0.29, 0.717) is 29.1 Å². The van der Waals surface area contributed by atoms with Crippen molar-refractivity contribution in [2.45, 2.75) is 30.8 Å². The second kappa shape index (κ2) is 7.96. The molecule has 0 radical (unpaired) electrons. The summed E-state index contributed by atoms with van der Waals surface area (Å²) in [5.74, 6) is 1.51. The van der Waals surface area contributed by atoms with Crippen LogP contribution in [0.1, 0.15) is 12.7 Å². The Morgan fingerprint density at radius 1 is 1.50 bits per heavy atom. The van der Waals surface area contributed by atoms with Crippen LogP contribution in [-0.2, 0) is 11.3 Å². The minimum Gasteiger partial charge on any atom is -0.360 e. The Labute approximate surface area is 154 Å². The normalized spacial score (nSPS) is 11.9. The largest absolute Gasteiger partial charge is 0.360 e. The molecule has 1 N–H and O–H groups in total. The monoisotopic (exact) mass is 370 g/mol. The first-order valence-corrected chi connectivity index (χ1v) is 8.81. The number of carbonyl (C=O) groups excluding carboxylic acids is 1. The summed E-state index contributed by atoms with van der Waals surface area (Å²) in [6, 6.07) is 5.41. The molecule has 9 heteroatoms. The minimum atomic E-state index is -0.401. The first-order chi connectivity index (χ1) is 12.6. The van der Waals surface area contributed by atoms with E-state index in [1.54, 1.807) is 38.4 Å². The van der Waals surface area contributed by atoms with Crippen molar-refractivity contribution in [2.24, 2.45) is 0 Å². The lowest BCUT2D eigenvalue weighted by Crippen LogP contribution is -2.23. The van der Waals surface area contributed by atoms with Crippen molar-refractivity contribution >= 4 is 23.5 Å². The molecule has 0 unspecified atom stereocenters. The van der Waals surface area contributed by atoms with Crippen molar-refractivity contribution in [3.8, 4) is 11.4 Å². The van der Waals surface area contributed by atoms with Crippen molar-refractivity contribution in [2.75, 3.05) is 5.32 Å². The van der Waals surface area contributed by atoms with Crippen LogP contribution in [-0.4, -0.2) is 36.1 Å². The summed E-state index contributed by atoms with van der Waals surface area (Å²) in [5, 5.41) is 15.2. The Morgan fingerprint density at radius 3 is 3.00 bits per heavy atom. The van der Waals surface area contributed by atoms with Gasteiger partial charge in [-0.1, -0.05) is 23.0 Å². The maximum Gasteiger partial charge on any atom is 0.238 e. The van der Waals surface area contributed by atoms with Crippen molar-refractivity contribution in [1.82, 2.24) is 24.9 Å². The number of aryl methyl sites for hydroxylation is 1. The lowest BCUT2D eigenvalue weighted by atomic mass is 10.3. The van der Waals surface area contributed by atoms with Crippen molar-refractivity contribution in [1.29, 1.82) is 0 Å². The quantitative estimate of drug-likeness (QED) is 0.504. The number of nitrogens with one attached hydrogen (secondary N) is 1. The molecule has 26 heavy (non-hydrogen) atoms. The van der Waals surface area contributed by atoms with E-state index in [0.717, 1.165) is 5.56 Å². The van der Waals surface area contributed by atoms with Crippen LogP contribution >= 0.6 is 11.8 Å². The number of aromatic nitrogens is 5. The number of rotatable bonds is 7. The number of hydrogen-bond donors (Lipinski definition) is 1. The molecule has 3 aromatic rings. The first-order valence-electron chi connectivity index (χ1n) is 7.94. The second-order valence-corrected chi connectivity index (χ2v) is 6.83. The maximum atomic E-state index is 12.4. The number of nitrogens with zero attached hydrogens (tertiary/aromatic N) is 5. The fraction of sp³-hybridized carbons (Fsp3) is 0.235. The molecule has 8 nitrogen and oxygen atoms in total. The molecule has 3 aromatic heterocycles. The highest BCUT2D eigenvalue weighted by Crippen LogP contribution is 2.27. The molecule has 0 aromatic carbocycles. The fourth-order valence-electron chi connectivity index (χ4n) is 2.24. The van der Waals surface area contributed by atoms with Gasteiger partial charge in [-0.3, -0.25) is 14.3 Å². The van der Waals surface area contributed by atoms with Crippen LogP contribution in [0.15, 0.2) is 52.9 Å². The number of anilines is 1. The predicted molar refractivity (Wildman–Crippen MR) is 98.6 cm³/mol. The Hall–Kier alpha value is -2.94. The van der Waals surface area contributed by atoms with Crippen LogP contribution in [0.2, 0.25) is 0 Å². The van der Waals surface area contributed by atoms with Gasteiger partial charge in [-0.05, 0) is 26.0 Å². The summed E-state index contributed by atoms with van der Waals surface area (Å²) in [7, 11) is 0. The van der Waals surface area contributed by atoms with Gasteiger partial charge in [0.2, 0.25) is 5.91 Å². The molecule has 0 saturated heterocycles. The van der Waals surface area contributed by atoms with Crippen molar-refractivity contribution in [3.63, 3.8) is 0 Å². The zero-order chi connectivity index (χ0) is 18.5. The number of carbonyl (C=O) groups is 1. The highest BCUT2D eigenvalue weighted by atomic mass is 32.2. The van der Waals surface area contributed by atoms with Gasteiger partial charge in [-0.2, -0.15) is 0 Å². The van der Waals surface area contributed by atoms with Crippen molar-refractivity contribution < 1.29 is 9.32 Å². The summed E-state index contributed by atoms with van der Waals surface area (Å²) >= 11 is 1.31. The molecule has 0 bridgehead atoms. The Morgan fingerprint density at radius 2 is 2.35 bits per heavy atom. The molecule has 0 aliphatic carbocycles. The molecule has 0 spiro atoms. The van der Waals surface area contributed by atoms with Gasteiger partial charge in [0.25, 0.3) is 0 Å². The van der Waals surface area contributed by atoms with E-state index in [-0.39, 0.29) is 5.91 Å². The molecule has 1 amide bonds. The summed E-state index contributed by atoms with van der Waals surface area (Å²) in [4.78, 5) is 16.5. The van der Waals surface area contributed by atoms with E-state index in [9.17, 15) is 4.79 Å². The van der Waals surface area contributed by atoms with Crippen LogP contribution in [0.3, 0.4) is 0 Å². The highest BCUT2D eigenvalue weighted by molar-refractivity contribution is 8.00. The third-order valence-corrected chi connectivity index (χ3v) is 4.56. The Bertz CT molecular complexity index is 905. The Kier molecular flexibility index (Phi) is 5.47. The highest BCUT2D eigenvalue weighted by Gasteiger charge is 2.21.